The zero-order valence-corrected chi connectivity index (χ0v) is 28.9. The minimum absolute atomic E-state index is 0. The van der Waals surface area contributed by atoms with Crippen molar-refractivity contribution in [3.05, 3.63) is 118 Å². The van der Waals surface area contributed by atoms with Gasteiger partial charge in [0, 0.05) is 0 Å². The fraction of sp³-hybridized carbons (Fsp3) is 0.361. The summed E-state index contributed by atoms with van der Waals surface area (Å²) in [7, 11) is 0. The van der Waals surface area contributed by atoms with Gasteiger partial charge in [-0.05, 0) is 17.4 Å². The summed E-state index contributed by atoms with van der Waals surface area (Å²) >= 11 is 1.46. The SMILES string of the molecule is CC(C)(C)c1c[c-]c2c(c1)-c1cc(C(C)(C)C)ccc1C2.CC1=[C-]C(C)C=C1C.[Cl-].[Cl-].[Zr+2]=[CH]c1ccccc1. The molecule has 0 saturated carbocycles. The first-order valence-corrected chi connectivity index (χ1v) is 14.7. The first-order chi connectivity index (χ1) is 17.3. The van der Waals surface area contributed by atoms with Crippen LogP contribution in [-0.4, -0.2) is 3.71 Å². The second-order valence-corrected chi connectivity index (χ2v) is 13.0. The molecule has 0 radical (unpaired) electrons. The molecule has 0 aliphatic heterocycles. The average Bonchev–Trinajstić information content (AvgIpc) is 3.35. The van der Waals surface area contributed by atoms with Crippen LogP contribution in [0, 0.1) is 18.1 Å². The number of rotatable bonds is 1. The molecule has 5 rings (SSSR count). The van der Waals surface area contributed by atoms with E-state index in [1.54, 1.807) is 0 Å². The Bertz CT molecular complexity index is 1220. The van der Waals surface area contributed by atoms with Gasteiger partial charge in [0.25, 0.3) is 0 Å². The maximum atomic E-state index is 3.53. The number of hydrogen-bond donors (Lipinski definition) is 0. The summed E-state index contributed by atoms with van der Waals surface area (Å²) in [5.41, 5.74) is 12.8. The van der Waals surface area contributed by atoms with E-state index in [1.807, 2.05) is 6.07 Å². The van der Waals surface area contributed by atoms with Crippen molar-refractivity contribution in [3.8, 4) is 11.1 Å². The van der Waals surface area contributed by atoms with Gasteiger partial charge in [-0.2, -0.15) is 35.4 Å². The van der Waals surface area contributed by atoms with Crippen LogP contribution < -0.4 is 24.8 Å². The standard InChI is InChI=1S/C21H25.C8H11.C7H6.2ClH.Zr/c1-20(2,3)16-9-7-14-11-15-8-10-17(21(4,5)6)13-19(15)18(14)12-16;1-6-4-7(2)8(3)5-6;1-7-5-3-2-4-6-7;;;/h7,9-10,12-13H,11H2,1-6H3;4,6H,1-3H3;1-6H;2*1H;/q2*-1;;;;+2/p-2. The van der Waals surface area contributed by atoms with E-state index in [2.05, 4.69) is 139 Å². The Balaban J connectivity index is 0.000000350. The van der Waals surface area contributed by atoms with E-state index >= 15 is 0 Å². The molecule has 3 heteroatoms. The van der Waals surface area contributed by atoms with Gasteiger partial charge < -0.3 is 24.8 Å². The summed E-state index contributed by atoms with van der Waals surface area (Å²) in [6.45, 7) is 20.0. The summed E-state index contributed by atoms with van der Waals surface area (Å²) < 4.78 is 2.17. The van der Waals surface area contributed by atoms with Crippen molar-refractivity contribution in [2.75, 3.05) is 0 Å². The normalized spacial score (nSPS) is 15.0. The molecule has 1 unspecified atom stereocenters. The maximum absolute atomic E-state index is 3.53. The van der Waals surface area contributed by atoms with Crippen molar-refractivity contribution in [1.82, 2.24) is 0 Å². The van der Waals surface area contributed by atoms with Gasteiger partial charge >= 0.3 is 63.8 Å². The molecule has 39 heavy (non-hydrogen) atoms. The van der Waals surface area contributed by atoms with Gasteiger partial charge in [-0.1, -0.05) is 96.0 Å². The van der Waals surface area contributed by atoms with E-state index in [-0.39, 0.29) is 35.6 Å². The van der Waals surface area contributed by atoms with Crippen LogP contribution in [-0.2, 0) is 41.5 Å². The molecule has 0 saturated heterocycles. The molecule has 0 fully saturated rings. The molecule has 0 bridgehead atoms. The Labute approximate surface area is 265 Å². The molecule has 0 aromatic heterocycles. The molecule has 3 aromatic carbocycles. The van der Waals surface area contributed by atoms with Crippen LogP contribution in [0.2, 0.25) is 0 Å². The quantitative estimate of drug-likeness (QED) is 0.281. The van der Waals surface area contributed by atoms with Crippen molar-refractivity contribution in [2.45, 2.75) is 79.6 Å². The van der Waals surface area contributed by atoms with E-state index in [0.717, 1.165) is 6.42 Å². The first kappa shape index (κ1) is 35.5. The third kappa shape index (κ3) is 9.81. The van der Waals surface area contributed by atoms with Gasteiger partial charge in [0.15, 0.2) is 0 Å². The predicted octanol–water partition coefficient (Wildman–Crippen LogP) is 3.38. The van der Waals surface area contributed by atoms with Crippen LogP contribution in [0.4, 0.5) is 0 Å². The second kappa shape index (κ2) is 14.9. The van der Waals surface area contributed by atoms with Gasteiger partial charge in [0.05, 0.1) is 0 Å². The molecule has 0 N–H and O–H groups in total. The van der Waals surface area contributed by atoms with Crippen LogP contribution in [0.15, 0.2) is 77.9 Å². The van der Waals surface area contributed by atoms with Crippen molar-refractivity contribution >= 4 is 3.71 Å². The summed E-state index contributed by atoms with van der Waals surface area (Å²) in [5, 5.41) is 0. The van der Waals surface area contributed by atoms with Crippen LogP contribution >= 0.6 is 0 Å². The van der Waals surface area contributed by atoms with E-state index in [0.29, 0.717) is 5.92 Å². The van der Waals surface area contributed by atoms with Gasteiger partial charge in [-0.3, -0.25) is 6.08 Å². The number of benzene rings is 3. The fourth-order valence-electron chi connectivity index (χ4n) is 4.53. The zero-order chi connectivity index (χ0) is 27.4. The molecule has 0 spiro atoms. The fourth-order valence-corrected chi connectivity index (χ4v) is 5.00. The average molecular weight is 637 g/mol. The Morgan fingerprint density at radius 2 is 1.41 bits per heavy atom. The van der Waals surface area contributed by atoms with Gasteiger partial charge in [-0.25, -0.2) is 11.1 Å². The Morgan fingerprint density at radius 3 is 1.85 bits per heavy atom. The van der Waals surface area contributed by atoms with Crippen molar-refractivity contribution < 1.29 is 49.0 Å². The Kier molecular flexibility index (Phi) is 13.6. The Hall–Kier alpha value is -1.53. The van der Waals surface area contributed by atoms with E-state index < -0.39 is 0 Å². The van der Waals surface area contributed by atoms with Crippen LogP contribution in [0.5, 0.6) is 0 Å². The number of fused-ring (bicyclic) bond motifs is 3. The molecule has 1 atom stereocenters. The minimum atomic E-state index is 0. The van der Waals surface area contributed by atoms with Crippen molar-refractivity contribution in [2.24, 2.45) is 5.92 Å². The third-order valence-corrected chi connectivity index (χ3v) is 7.85. The molecule has 3 aromatic rings. The molecule has 0 heterocycles. The summed E-state index contributed by atoms with van der Waals surface area (Å²) in [5.74, 6) is 0.551. The zero-order valence-electron chi connectivity index (χ0n) is 25.0. The van der Waals surface area contributed by atoms with Gasteiger partial charge in [-0.15, -0.1) is 12.5 Å². The van der Waals surface area contributed by atoms with E-state index in [1.165, 1.54) is 74.3 Å². The van der Waals surface area contributed by atoms with E-state index in [4.69, 9.17) is 0 Å². The van der Waals surface area contributed by atoms with E-state index in [9.17, 15) is 0 Å². The first-order valence-electron chi connectivity index (χ1n) is 13.3. The summed E-state index contributed by atoms with van der Waals surface area (Å²) in [6, 6.07) is 25.4. The van der Waals surface area contributed by atoms with Crippen LogP contribution in [0.3, 0.4) is 0 Å². The van der Waals surface area contributed by atoms with Crippen molar-refractivity contribution in [3.63, 3.8) is 0 Å². The monoisotopic (exact) mass is 634 g/mol. The summed E-state index contributed by atoms with van der Waals surface area (Å²) in [6.07, 6.45) is 6.55. The molecular weight excluding hydrogens is 595 g/mol. The van der Waals surface area contributed by atoms with Crippen molar-refractivity contribution in [1.29, 1.82) is 0 Å². The van der Waals surface area contributed by atoms with Crippen LogP contribution in [0.25, 0.3) is 11.1 Å². The molecule has 0 nitrogen and oxygen atoms in total. The third-order valence-electron chi connectivity index (χ3n) is 7.03. The van der Waals surface area contributed by atoms with Gasteiger partial charge in [0.1, 0.15) is 0 Å². The summed E-state index contributed by atoms with van der Waals surface area (Å²) in [4.78, 5) is 0. The predicted molar refractivity (Wildman–Crippen MR) is 158 cm³/mol. The second-order valence-electron chi connectivity index (χ2n) is 12.3. The number of hydrogen-bond acceptors (Lipinski definition) is 0. The Morgan fingerprint density at radius 1 is 0.821 bits per heavy atom. The topological polar surface area (TPSA) is 0 Å². The molecule has 0 amide bonds. The molecule has 2 aliphatic rings. The molecule has 206 valence electrons. The number of halogens is 2. The number of allylic oxidation sites excluding steroid dienone is 4. The molecular formula is C36H42Cl2Zr-2. The van der Waals surface area contributed by atoms with Crippen LogP contribution in [0.1, 0.15) is 90.1 Å². The molecule has 2 aliphatic carbocycles. The van der Waals surface area contributed by atoms with Gasteiger partial charge in [0.2, 0.25) is 0 Å².